The van der Waals surface area contributed by atoms with Crippen molar-refractivity contribution in [2.45, 2.75) is 90.6 Å². The van der Waals surface area contributed by atoms with Gasteiger partial charge in [0.1, 0.15) is 5.75 Å². The Hall–Kier alpha value is -2.56. The monoisotopic (exact) mass is 709 g/mol. The van der Waals surface area contributed by atoms with Crippen LogP contribution in [0.3, 0.4) is 0 Å². The smallest absolute Gasteiger partial charge is 0.350 e. The molecule has 0 saturated heterocycles. The van der Waals surface area contributed by atoms with E-state index in [2.05, 4.69) is 5.32 Å². The van der Waals surface area contributed by atoms with E-state index in [-0.39, 0.29) is 38.4 Å². The predicted molar refractivity (Wildman–Crippen MR) is 186 cm³/mol. The summed E-state index contributed by atoms with van der Waals surface area (Å²) in [4.78, 5) is 25.4. The summed E-state index contributed by atoms with van der Waals surface area (Å²) in [6.45, 7) is 9.28. The van der Waals surface area contributed by atoms with Crippen molar-refractivity contribution in [2.75, 3.05) is 33.0 Å². The highest BCUT2D eigenvalue weighted by atomic mass is 31.2. The van der Waals surface area contributed by atoms with E-state index < -0.39 is 44.5 Å². The highest BCUT2D eigenvalue weighted by Gasteiger charge is 2.51. The van der Waals surface area contributed by atoms with Gasteiger partial charge in [-0.15, -0.1) is 0 Å². The number of nitrogens with two attached hydrogens (primary N) is 2. The van der Waals surface area contributed by atoms with Gasteiger partial charge in [-0.25, -0.2) is 0 Å². The lowest BCUT2D eigenvalue weighted by Gasteiger charge is -2.31. The maximum atomic E-state index is 14.0. The van der Waals surface area contributed by atoms with Gasteiger partial charge < -0.3 is 39.6 Å². The molecule has 0 unspecified atom stereocenters. The molecule has 0 aromatic heterocycles. The first-order valence-electron chi connectivity index (χ1n) is 16.9. The lowest BCUT2D eigenvalue weighted by molar-refractivity contribution is -0.123. The lowest BCUT2D eigenvalue weighted by atomic mass is 9.90. The van der Waals surface area contributed by atoms with Gasteiger partial charge in [0.05, 0.1) is 50.7 Å². The largest absolute Gasteiger partial charge is 0.492 e. The van der Waals surface area contributed by atoms with Crippen LogP contribution in [0.15, 0.2) is 42.5 Å². The Morgan fingerprint density at radius 2 is 1.35 bits per heavy atom. The number of hydrogen-bond acceptors (Lipinski definition) is 10. The number of benzene rings is 2. The summed E-state index contributed by atoms with van der Waals surface area (Å²) in [6.07, 6.45) is 6.06. The Balaban J connectivity index is 1.72. The average Bonchev–Trinajstić information content (AvgIpc) is 3.05. The number of nitrogens with one attached hydrogen (secondary N) is 1. The molecular formula is C34H53N3O9P2. The third-order valence-electron chi connectivity index (χ3n) is 8.23. The normalized spacial score (nSPS) is 15.6. The third kappa shape index (κ3) is 10.7. The molecule has 0 heterocycles. The molecule has 14 heteroatoms. The lowest BCUT2D eigenvalue weighted by Crippen LogP contribution is -2.43. The summed E-state index contributed by atoms with van der Waals surface area (Å²) in [7, 11) is -8.00. The molecule has 2 aromatic rings. The number of ether oxygens (including phenoxy) is 1. The maximum Gasteiger partial charge on any atom is 0.350 e. The van der Waals surface area contributed by atoms with Crippen LogP contribution in [0.1, 0.15) is 105 Å². The van der Waals surface area contributed by atoms with Gasteiger partial charge in [0.15, 0.2) is 5.40 Å². The van der Waals surface area contributed by atoms with Crippen molar-refractivity contribution in [3.05, 3.63) is 64.7 Å². The quantitative estimate of drug-likeness (QED) is 0.121. The van der Waals surface area contributed by atoms with E-state index in [4.69, 9.17) is 34.3 Å². The Labute approximate surface area is 285 Å². The Morgan fingerprint density at radius 1 is 0.833 bits per heavy atom. The molecule has 0 aliphatic heterocycles. The highest BCUT2D eigenvalue weighted by Crippen LogP contribution is 2.78. The topological polar surface area (TPSA) is 178 Å². The summed E-state index contributed by atoms with van der Waals surface area (Å²) < 4.78 is 56.3. The first kappa shape index (κ1) is 39.9. The van der Waals surface area contributed by atoms with E-state index in [0.717, 1.165) is 12.8 Å². The minimum Gasteiger partial charge on any atom is -0.492 e. The van der Waals surface area contributed by atoms with Gasteiger partial charge >= 0.3 is 15.2 Å². The number of amides is 2. The Kier molecular flexibility index (Phi) is 15.8. The van der Waals surface area contributed by atoms with E-state index in [0.29, 0.717) is 35.0 Å². The third-order valence-corrected chi connectivity index (χ3v) is 14.2. The summed E-state index contributed by atoms with van der Waals surface area (Å²) in [6, 6.07) is 10.5. The van der Waals surface area contributed by atoms with Crippen LogP contribution >= 0.6 is 15.2 Å². The summed E-state index contributed by atoms with van der Waals surface area (Å²) in [5.74, 6) is -0.0862. The van der Waals surface area contributed by atoms with E-state index in [1.165, 1.54) is 19.3 Å². The van der Waals surface area contributed by atoms with Crippen molar-refractivity contribution >= 4 is 27.0 Å². The van der Waals surface area contributed by atoms with Crippen molar-refractivity contribution < 1.29 is 41.6 Å². The number of primary amides is 1. The predicted octanol–water partition coefficient (Wildman–Crippen LogP) is 7.02. The molecule has 2 atom stereocenters. The molecule has 3 rings (SSSR count). The van der Waals surface area contributed by atoms with Crippen LogP contribution in [0, 0.1) is 5.92 Å². The van der Waals surface area contributed by atoms with Gasteiger partial charge in [0.25, 0.3) is 5.91 Å². The molecule has 12 nitrogen and oxygen atoms in total. The average molecular weight is 710 g/mol. The maximum absolute atomic E-state index is 14.0. The van der Waals surface area contributed by atoms with Crippen LogP contribution in [0.4, 0.5) is 0 Å². The minimum atomic E-state index is -4.00. The van der Waals surface area contributed by atoms with Crippen molar-refractivity contribution in [1.29, 1.82) is 0 Å². The van der Waals surface area contributed by atoms with Gasteiger partial charge in [-0.2, -0.15) is 0 Å². The van der Waals surface area contributed by atoms with Crippen LogP contribution < -0.4 is 21.5 Å². The fourth-order valence-corrected chi connectivity index (χ4v) is 11.3. The van der Waals surface area contributed by atoms with Gasteiger partial charge in [0, 0.05) is 0 Å². The first-order chi connectivity index (χ1) is 22.9. The van der Waals surface area contributed by atoms with Crippen LogP contribution in [0.25, 0.3) is 0 Å². The summed E-state index contributed by atoms with van der Waals surface area (Å²) in [5, 5.41) is 1.60. The van der Waals surface area contributed by atoms with E-state index in [1.54, 1.807) is 77.1 Å². The second-order valence-electron chi connectivity index (χ2n) is 11.8. The van der Waals surface area contributed by atoms with Crippen LogP contribution in [0.5, 0.6) is 5.75 Å². The van der Waals surface area contributed by atoms with Gasteiger partial charge in [-0.05, 0) is 88.6 Å². The van der Waals surface area contributed by atoms with E-state index in [1.807, 2.05) is 0 Å². The second kappa shape index (κ2) is 19.0. The Morgan fingerprint density at radius 3 is 1.85 bits per heavy atom. The molecule has 48 heavy (non-hydrogen) atoms. The summed E-state index contributed by atoms with van der Waals surface area (Å²) >= 11 is 0. The molecule has 1 fully saturated rings. The SMILES string of the molecule is CCOP(=O)(OCC)C(c1ccc(C[C@H](N)C(=O)N[C@@H](C)c2ccc(OCC3CCCCC3)c(C(N)=O)c2)cc1)P(=O)(OCC)OCC. The van der Waals surface area contributed by atoms with Crippen molar-refractivity contribution in [1.82, 2.24) is 5.32 Å². The molecular weight excluding hydrogens is 656 g/mol. The number of hydrogen-bond donors (Lipinski definition) is 3. The zero-order valence-corrected chi connectivity index (χ0v) is 30.6. The zero-order chi connectivity index (χ0) is 35.3. The fourth-order valence-electron chi connectivity index (χ4n) is 5.89. The van der Waals surface area contributed by atoms with Crippen molar-refractivity contribution in [2.24, 2.45) is 17.4 Å². The first-order valence-corrected chi connectivity index (χ1v) is 20.1. The molecule has 2 amide bonds. The molecule has 1 aliphatic rings. The van der Waals surface area contributed by atoms with Gasteiger partial charge in [-0.3, -0.25) is 18.7 Å². The molecule has 5 N–H and O–H groups in total. The van der Waals surface area contributed by atoms with Gasteiger partial charge in [0.2, 0.25) is 5.91 Å². The molecule has 2 aromatic carbocycles. The van der Waals surface area contributed by atoms with Crippen LogP contribution in [-0.2, 0) is 38.4 Å². The molecule has 268 valence electrons. The highest BCUT2D eigenvalue weighted by molar-refractivity contribution is 7.72. The number of carbonyl (C=O) groups is 2. The van der Waals surface area contributed by atoms with E-state index >= 15 is 0 Å². The van der Waals surface area contributed by atoms with E-state index in [9.17, 15) is 18.7 Å². The fraction of sp³-hybridized carbons (Fsp3) is 0.588. The number of carbonyl (C=O) groups excluding carboxylic acids is 2. The van der Waals surface area contributed by atoms with Crippen LogP contribution in [0.2, 0.25) is 0 Å². The Bertz CT molecular complexity index is 1380. The van der Waals surface area contributed by atoms with Crippen molar-refractivity contribution in [3.63, 3.8) is 0 Å². The molecule has 1 aliphatic carbocycles. The van der Waals surface area contributed by atoms with Crippen molar-refractivity contribution in [3.8, 4) is 5.75 Å². The number of rotatable bonds is 20. The zero-order valence-electron chi connectivity index (χ0n) is 28.9. The molecule has 0 bridgehead atoms. The molecule has 0 spiro atoms. The standard InChI is InChI=1S/C34H53N3O9P2/c1-6-43-47(40,44-7-2)34(48(41,45-8-3)46-9-4)27-17-15-25(16-18-27)21-30(35)33(39)37-24(5)28-19-20-31(29(22-28)32(36)38)42-23-26-13-11-10-12-14-26/h15-20,22,24,26,30,34H,6-14,21,23,35H2,1-5H3,(H2,36,38)(H,37,39)/t24-,30-/m0/s1. The molecule has 1 saturated carbocycles. The second-order valence-corrected chi connectivity index (χ2v) is 16.5. The minimum absolute atomic E-state index is 0.0642. The van der Waals surface area contributed by atoms with Crippen LogP contribution in [-0.4, -0.2) is 50.9 Å². The molecule has 0 radical (unpaired) electrons. The van der Waals surface area contributed by atoms with Gasteiger partial charge in [-0.1, -0.05) is 49.6 Å². The summed E-state index contributed by atoms with van der Waals surface area (Å²) in [5.41, 5.74) is 14.0.